The summed E-state index contributed by atoms with van der Waals surface area (Å²) < 4.78 is 0. The van der Waals surface area contributed by atoms with Gasteiger partial charge in [0.15, 0.2) is 0 Å². The van der Waals surface area contributed by atoms with E-state index in [1.165, 1.54) is 77.2 Å². The molecular weight excluding hydrogens is 444 g/mol. The number of aryl methyl sites for hydroxylation is 2. The first kappa shape index (κ1) is 25.5. The Morgan fingerprint density at radius 2 is 1.46 bits per heavy atom. The SMILES string of the molecule is CC(C)=c1cc2c(c(C3=C(c4ccc(C)cc4C)C=CC3)c1C(C)(C)C)=Cc1cc(C(C)(C)C)ccc1-2. The standard InChI is InChI=1S/C37H42/c1-22(2)31-21-32-28-17-15-26(36(5,6)7)19-25(28)20-33(32)34(35(31)37(8,9)10)30-13-11-12-29(30)27-16-14-23(3)18-24(27)4/h11-12,14-21H,13H2,1-10H3. The van der Waals surface area contributed by atoms with Gasteiger partial charge in [0.05, 0.1) is 0 Å². The molecule has 0 atom stereocenters. The van der Waals surface area contributed by atoms with Crippen LogP contribution in [0.4, 0.5) is 0 Å². The van der Waals surface area contributed by atoms with Gasteiger partial charge < -0.3 is 0 Å². The molecule has 190 valence electrons. The minimum Gasteiger partial charge on any atom is -0.0795 e. The summed E-state index contributed by atoms with van der Waals surface area (Å²) in [6.45, 7) is 23.0. The molecule has 0 fully saturated rings. The van der Waals surface area contributed by atoms with E-state index in [-0.39, 0.29) is 10.8 Å². The molecule has 0 heteroatoms. The Hall–Kier alpha value is -3.12. The average molecular weight is 487 g/mol. The lowest BCUT2D eigenvalue weighted by Gasteiger charge is -2.27. The zero-order valence-corrected chi connectivity index (χ0v) is 24.5. The third-order valence-electron chi connectivity index (χ3n) is 8.07. The summed E-state index contributed by atoms with van der Waals surface area (Å²) in [6, 6.07) is 16.5. The maximum Gasteiger partial charge on any atom is -0.00817 e. The predicted molar refractivity (Wildman–Crippen MR) is 163 cm³/mol. The van der Waals surface area contributed by atoms with Gasteiger partial charge in [-0.25, -0.2) is 0 Å². The van der Waals surface area contributed by atoms with Crippen molar-refractivity contribution < 1.29 is 0 Å². The van der Waals surface area contributed by atoms with Crippen molar-refractivity contribution in [3.05, 3.63) is 104 Å². The Morgan fingerprint density at radius 1 is 0.757 bits per heavy atom. The van der Waals surface area contributed by atoms with Crippen molar-refractivity contribution in [2.75, 3.05) is 0 Å². The predicted octanol–water partition coefficient (Wildman–Crippen LogP) is 8.77. The molecule has 3 aromatic carbocycles. The lowest BCUT2D eigenvalue weighted by Crippen LogP contribution is -2.31. The van der Waals surface area contributed by atoms with Crippen LogP contribution in [0.1, 0.15) is 101 Å². The fraction of sp³-hybridized carbons (Fsp3) is 0.351. The van der Waals surface area contributed by atoms with Crippen molar-refractivity contribution in [3.63, 3.8) is 0 Å². The number of fused-ring (bicyclic) bond motifs is 3. The highest BCUT2D eigenvalue weighted by Crippen LogP contribution is 2.41. The summed E-state index contributed by atoms with van der Waals surface area (Å²) in [5.74, 6) is 0. The van der Waals surface area contributed by atoms with E-state index < -0.39 is 0 Å². The fourth-order valence-corrected chi connectivity index (χ4v) is 6.22. The van der Waals surface area contributed by atoms with E-state index in [4.69, 9.17) is 0 Å². The summed E-state index contributed by atoms with van der Waals surface area (Å²) in [5, 5.41) is 2.80. The quantitative estimate of drug-likeness (QED) is 0.266. The molecule has 2 aliphatic carbocycles. The Labute approximate surface area is 224 Å². The second kappa shape index (κ2) is 8.73. The van der Waals surface area contributed by atoms with Crippen LogP contribution in [0.3, 0.4) is 0 Å². The van der Waals surface area contributed by atoms with Gasteiger partial charge in [0.2, 0.25) is 0 Å². The van der Waals surface area contributed by atoms with Crippen LogP contribution in [0.15, 0.2) is 54.6 Å². The molecule has 0 aromatic heterocycles. The Balaban J connectivity index is 1.93. The number of hydrogen-bond donors (Lipinski definition) is 0. The van der Waals surface area contributed by atoms with Crippen LogP contribution >= 0.6 is 0 Å². The highest BCUT2D eigenvalue weighted by Gasteiger charge is 2.29. The minimum absolute atomic E-state index is 0.0131. The van der Waals surface area contributed by atoms with Crippen LogP contribution in [0, 0.1) is 13.8 Å². The van der Waals surface area contributed by atoms with E-state index in [9.17, 15) is 0 Å². The lowest BCUT2D eigenvalue weighted by atomic mass is 9.76. The lowest BCUT2D eigenvalue weighted by molar-refractivity contribution is 0.583. The van der Waals surface area contributed by atoms with Crippen LogP contribution in [-0.4, -0.2) is 0 Å². The maximum atomic E-state index is 2.48. The van der Waals surface area contributed by atoms with Gasteiger partial charge in [-0.15, -0.1) is 0 Å². The van der Waals surface area contributed by atoms with Crippen LogP contribution in [0.5, 0.6) is 0 Å². The van der Waals surface area contributed by atoms with Crippen molar-refractivity contribution >= 4 is 22.8 Å². The third kappa shape index (κ3) is 4.35. The van der Waals surface area contributed by atoms with Gasteiger partial charge in [0, 0.05) is 0 Å². The third-order valence-corrected chi connectivity index (χ3v) is 8.07. The summed E-state index contributed by atoms with van der Waals surface area (Å²) in [7, 11) is 0. The Bertz CT molecular complexity index is 1620. The molecule has 0 radical (unpaired) electrons. The van der Waals surface area contributed by atoms with E-state index >= 15 is 0 Å². The smallest absolute Gasteiger partial charge is 0.00817 e. The van der Waals surface area contributed by atoms with E-state index in [0.717, 1.165) is 6.42 Å². The molecule has 0 amide bonds. The van der Waals surface area contributed by atoms with Gasteiger partial charge in [-0.1, -0.05) is 101 Å². The van der Waals surface area contributed by atoms with E-state index in [1.807, 2.05) is 0 Å². The van der Waals surface area contributed by atoms with Crippen molar-refractivity contribution in [3.8, 4) is 11.1 Å². The summed E-state index contributed by atoms with van der Waals surface area (Å²) >= 11 is 0. The summed E-state index contributed by atoms with van der Waals surface area (Å²) in [5.41, 5.74) is 16.8. The van der Waals surface area contributed by atoms with Crippen LogP contribution in [0.25, 0.3) is 33.9 Å². The zero-order chi connectivity index (χ0) is 26.9. The maximum absolute atomic E-state index is 2.48. The van der Waals surface area contributed by atoms with Gasteiger partial charge in [-0.3, -0.25) is 0 Å². The number of hydrogen-bond acceptors (Lipinski definition) is 0. The molecule has 0 saturated heterocycles. The van der Waals surface area contributed by atoms with Crippen molar-refractivity contribution in [2.24, 2.45) is 0 Å². The monoisotopic (exact) mass is 486 g/mol. The first-order chi connectivity index (χ1) is 17.3. The molecule has 0 heterocycles. The molecule has 0 unspecified atom stereocenters. The van der Waals surface area contributed by atoms with E-state index in [2.05, 4.69) is 130 Å². The van der Waals surface area contributed by atoms with E-state index in [1.54, 1.807) is 0 Å². The second-order valence-electron chi connectivity index (χ2n) is 13.4. The highest BCUT2D eigenvalue weighted by molar-refractivity contribution is 6.02. The fourth-order valence-electron chi connectivity index (χ4n) is 6.22. The van der Waals surface area contributed by atoms with Crippen LogP contribution in [0.2, 0.25) is 0 Å². The number of rotatable bonds is 2. The van der Waals surface area contributed by atoms with Gasteiger partial charge in [-0.2, -0.15) is 0 Å². The van der Waals surface area contributed by atoms with Crippen LogP contribution in [-0.2, 0) is 10.8 Å². The molecule has 3 aromatic rings. The molecule has 2 aliphatic rings. The molecule has 0 spiro atoms. The Kier molecular flexibility index (Phi) is 6.02. The largest absolute Gasteiger partial charge is 0.0795 e. The summed E-state index contributed by atoms with van der Waals surface area (Å²) in [6.07, 6.45) is 8.17. The van der Waals surface area contributed by atoms with Crippen molar-refractivity contribution in [2.45, 2.75) is 86.5 Å². The van der Waals surface area contributed by atoms with Gasteiger partial charge in [0.1, 0.15) is 0 Å². The molecule has 0 aliphatic heterocycles. The molecule has 0 bridgehead atoms. The molecule has 0 nitrogen and oxygen atoms in total. The van der Waals surface area contributed by atoms with Gasteiger partial charge in [-0.05, 0) is 123 Å². The topological polar surface area (TPSA) is 0 Å². The molecule has 0 N–H and O–H groups in total. The summed E-state index contributed by atoms with van der Waals surface area (Å²) in [4.78, 5) is 0. The van der Waals surface area contributed by atoms with E-state index in [0.29, 0.717) is 0 Å². The Morgan fingerprint density at radius 3 is 2.08 bits per heavy atom. The first-order valence-electron chi connectivity index (χ1n) is 13.8. The van der Waals surface area contributed by atoms with Crippen molar-refractivity contribution in [1.29, 1.82) is 0 Å². The normalized spacial score (nSPS) is 14.6. The molecule has 0 saturated carbocycles. The minimum atomic E-state index is 0.0131. The molecule has 5 rings (SSSR count). The number of allylic oxidation sites excluding steroid dienone is 4. The zero-order valence-electron chi connectivity index (χ0n) is 24.5. The van der Waals surface area contributed by atoms with Crippen LogP contribution < -0.4 is 10.4 Å². The highest BCUT2D eigenvalue weighted by atomic mass is 14.3. The van der Waals surface area contributed by atoms with Crippen molar-refractivity contribution in [1.82, 2.24) is 0 Å². The molecular formula is C37H42. The molecule has 37 heavy (non-hydrogen) atoms. The first-order valence-corrected chi connectivity index (χ1v) is 13.8. The van der Waals surface area contributed by atoms with Gasteiger partial charge >= 0.3 is 0 Å². The van der Waals surface area contributed by atoms with Gasteiger partial charge in [0.25, 0.3) is 0 Å². The number of benzene rings is 3. The second-order valence-corrected chi connectivity index (χ2v) is 13.4. The average Bonchev–Trinajstić information content (AvgIpc) is 3.40.